The first-order valence-electron chi connectivity index (χ1n) is 8.91. The van der Waals surface area contributed by atoms with Crippen LogP contribution in [0, 0.1) is 17.0 Å². The minimum atomic E-state index is -4.20. The van der Waals surface area contributed by atoms with E-state index in [1.165, 1.54) is 6.07 Å². The number of hydrogen-bond donors (Lipinski definition) is 4. The summed E-state index contributed by atoms with van der Waals surface area (Å²) in [7, 11) is -4.20. The Morgan fingerprint density at radius 3 is 2.62 bits per heavy atom. The summed E-state index contributed by atoms with van der Waals surface area (Å²) < 4.78 is 39.2. The van der Waals surface area contributed by atoms with Crippen molar-refractivity contribution in [3.05, 3.63) is 36.3 Å². The molecule has 0 saturated carbocycles. The number of hydrogen-bond acceptors (Lipinski definition) is 5. The van der Waals surface area contributed by atoms with Crippen molar-refractivity contribution >= 4 is 24.4 Å². The van der Waals surface area contributed by atoms with Crippen LogP contribution >= 0.6 is 7.60 Å². The molecule has 8 nitrogen and oxygen atoms in total. The normalized spacial score (nSPS) is 13.6. The molecule has 0 spiro atoms. The lowest BCUT2D eigenvalue weighted by atomic mass is 9.85. The molecule has 0 aliphatic carbocycles. The van der Waals surface area contributed by atoms with Crippen LogP contribution in [0.15, 0.2) is 24.7 Å². The van der Waals surface area contributed by atoms with E-state index in [9.17, 15) is 23.1 Å². The number of halogens is 2. The largest absolute Gasteiger partial charge is 0.364 e. The number of pyridine rings is 1. The van der Waals surface area contributed by atoms with E-state index in [2.05, 4.69) is 25.3 Å². The van der Waals surface area contributed by atoms with Crippen LogP contribution in [0.2, 0.25) is 0 Å². The average molecular weight is 425 g/mol. The highest BCUT2D eigenvalue weighted by atomic mass is 31.2. The first-order valence-corrected chi connectivity index (χ1v) is 10.7. The highest BCUT2D eigenvalue weighted by Crippen LogP contribution is 2.38. The van der Waals surface area contributed by atoms with Gasteiger partial charge in [0, 0.05) is 23.2 Å². The van der Waals surface area contributed by atoms with Gasteiger partial charge < -0.3 is 20.1 Å². The van der Waals surface area contributed by atoms with E-state index in [1.807, 2.05) is 20.8 Å². The summed E-state index contributed by atoms with van der Waals surface area (Å²) in [5, 5.41) is 3.41. The second-order valence-electron chi connectivity index (χ2n) is 7.88. The van der Waals surface area contributed by atoms with Crippen LogP contribution in [0.3, 0.4) is 0 Å². The lowest BCUT2D eigenvalue weighted by Gasteiger charge is -2.32. The van der Waals surface area contributed by atoms with E-state index in [0.29, 0.717) is 16.6 Å². The van der Waals surface area contributed by atoms with Gasteiger partial charge in [0.2, 0.25) is 0 Å². The molecule has 11 heteroatoms. The van der Waals surface area contributed by atoms with Crippen LogP contribution in [-0.2, 0) is 4.57 Å². The fourth-order valence-corrected chi connectivity index (χ4v) is 3.54. The van der Waals surface area contributed by atoms with Crippen molar-refractivity contribution in [2.45, 2.75) is 33.2 Å². The number of fused-ring (bicyclic) bond motifs is 1. The van der Waals surface area contributed by atoms with Gasteiger partial charge in [-0.1, -0.05) is 20.8 Å². The number of anilines is 1. The maximum atomic E-state index is 14.4. The van der Waals surface area contributed by atoms with E-state index in [1.54, 1.807) is 6.20 Å². The molecule has 0 radical (unpaired) electrons. The maximum Gasteiger partial charge on any atom is 0.325 e. The fraction of sp³-hybridized carbons (Fsp3) is 0.389. The summed E-state index contributed by atoms with van der Waals surface area (Å²) in [6.45, 7) is 5.62. The topological polar surface area (TPSA) is 124 Å². The van der Waals surface area contributed by atoms with Crippen molar-refractivity contribution < 1.29 is 23.1 Å². The van der Waals surface area contributed by atoms with Gasteiger partial charge in [-0.05, 0) is 17.9 Å². The minimum absolute atomic E-state index is 0.0978. The highest BCUT2D eigenvalue weighted by molar-refractivity contribution is 7.51. The van der Waals surface area contributed by atoms with Gasteiger partial charge in [0.1, 0.15) is 11.5 Å². The minimum Gasteiger partial charge on any atom is -0.364 e. The summed E-state index contributed by atoms with van der Waals surface area (Å²) in [6, 6.07) is 0.820. The van der Waals surface area contributed by atoms with E-state index in [-0.39, 0.29) is 24.2 Å². The Hall–Kier alpha value is -2.42. The Kier molecular flexibility index (Phi) is 5.71. The van der Waals surface area contributed by atoms with E-state index in [4.69, 9.17) is 0 Å². The van der Waals surface area contributed by atoms with E-state index < -0.39 is 30.7 Å². The molecule has 0 saturated heterocycles. The Balaban J connectivity index is 1.95. The SMILES string of the molecule is CC(C)(C)C(CCP(=O)(O)O)Nc1nc(-c2c[nH]c3ncc(F)cc23)ncc1F. The van der Waals surface area contributed by atoms with Crippen LogP contribution in [0.25, 0.3) is 22.4 Å². The first-order chi connectivity index (χ1) is 13.4. The lowest BCUT2D eigenvalue weighted by molar-refractivity contribution is 0.321. The number of nitrogens with zero attached hydrogens (tertiary/aromatic N) is 3. The number of rotatable bonds is 6. The standard InChI is InChI=1S/C18H22F2N5O3P/c1-18(2,3)14(4-5-29(26,27)28)24-17-13(20)9-23-16(25-17)12-8-22-15-11(12)6-10(19)7-21-15/h6-9,14H,4-5H2,1-3H3,(H,21,22)(H,23,24,25)(H2,26,27,28). The van der Waals surface area contributed by atoms with Gasteiger partial charge in [0.15, 0.2) is 17.5 Å². The third kappa shape index (κ3) is 5.14. The van der Waals surface area contributed by atoms with Crippen LogP contribution in [0.1, 0.15) is 27.2 Å². The van der Waals surface area contributed by atoms with Crippen molar-refractivity contribution in [3.8, 4) is 11.4 Å². The molecule has 3 aromatic rings. The number of aromatic amines is 1. The fourth-order valence-electron chi connectivity index (χ4n) is 2.94. The summed E-state index contributed by atoms with van der Waals surface area (Å²) in [5.74, 6) is -1.16. The predicted octanol–water partition coefficient (Wildman–Crippen LogP) is 3.69. The van der Waals surface area contributed by atoms with Crippen molar-refractivity contribution in [2.24, 2.45) is 5.41 Å². The smallest absolute Gasteiger partial charge is 0.325 e. The molecule has 0 aromatic carbocycles. The molecule has 29 heavy (non-hydrogen) atoms. The van der Waals surface area contributed by atoms with Crippen LogP contribution < -0.4 is 5.32 Å². The predicted molar refractivity (Wildman–Crippen MR) is 105 cm³/mol. The molecule has 0 fully saturated rings. The molecule has 0 bridgehead atoms. The van der Waals surface area contributed by atoms with Gasteiger partial charge in [-0.25, -0.2) is 23.7 Å². The summed E-state index contributed by atoms with van der Waals surface area (Å²) in [4.78, 5) is 33.4. The van der Waals surface area contributed by atoms with Crippen LogP contribution in [0.5, 0.6) is 0 Å². The van der Waals surface area contributed by atoms with Crippen LogP contribution in [0.4, 0.5) is 14.6 Å². The second kappa shape index (κ2) is 7.78. The summed E-state index contributed by atoms with van der Waals surface area (Å²) in [6.07, 6.45) is 3.42. The zero-order chi connectivity index (χ0) is 21.4. The monoisotopic (exact) mass is 425 g/mol. The Morgan fingerprint density at radius 2 is 1.97 bits per heavy atom. The van der Waals surface area contributed by atoms with E-state index in [0.717, 1.165) is 12.4 Å². The second-order valence-corrected chi connectivity index (χ2v) is 9.66. The molecule has 3 aromatic heterocycles. The van der Waals surface area contributed by atoms with Gasteiger partial charge in [0.25, 0.3) is 0 Å². The molecular formula is C18H22F2N5O3P. The van der Waals surface area contributed by atoms with Crippen molar-refractivity contribution in [3.63, 3.8) is 0 Å². The molecule has 1 atom stereocenters. The molecule has 0 aliphatic heterocycles. The quantitative estimate of drug-likeness (QED) is 0.444. The maximum absolute atomic E-state index is 14.4. The summed E-state index contributed by atoms with van der Waals surface area (Å²) >= 11 is 0. The molecule has 3 heterocycles. The average Bonchev–Trinajstić information content (AvgIpc) is 3.01. The molecule has 1 unspecified atom stereocenters. The zero-order valence-corrected chi connectivity index (χ0v) is 17.0. The first kappa shape index (κ1) is 21.3. The van der Waals surface area contributed by atoms with Gasteiger partial charge >= 0.3 is 7.60 Å². The lowest BCUT2D eigenvalue weighted by Crippen LogP contribution is -2.35. The Morgan fingerprint density at radius 1 is 1.24 bits per heavy atom. The summed E-state index contributed by atoms with van der Waals surface area (Å²) in [5.41, 5.74) is 0.469. The highest BCUT2D eigenvalue weighted by Gasteiger charge is 2.28. The molecule has 3 rings (SSSR count). The Labute approximate surface area is 166 Å². The van der Waals surface area contributed by atoms with Gasteiger partial charge in [0.05, 0.1) is 18.6 Å². The zero-order valence-electron chi connectivity index (χ0n) is 16.1. The van der Waals surface area contributed by atoms with E-state index >= 15 is 0 Å². The van der Waals surface area contributed by atoms with Gasteiger partial charge in [-0.2, -0.15) is 0 Å². The number of H-pyrrole nitrogens is 1. The third-order valence-corrected chi connectivity index (χ3v) is 5.39. The third-order valence-electron chi connectivity index (χ3n) is 4.55. The van der Waals surface area contributed by atoms with Crippen molar-refractivity contribution in [1.29, 1.82) is 0 Å². The van der Waals surface area contributed by atoms with Crippen molar-refractivity contribution in [2.75, 3.05) is 11.5 Å². The van der Waals surface area contributed by atoms with Gasteiger partial charge in [-0.15, -0.1) is 0 Å². The Bertz CT molecular complexity index is 1080. The molecule has 0 amide bonds. The molecule has 0 aliphatic rings. The molecular weight excluding hydrogens is 403 g/mol. The van der Waals surface area contributed by atoms with Crippen molar-refractivity contribution in [1.82, 2.24) is 19.9 Å². The molecule has 4 N–H and O–H groups in total. The number of aromatic nitrogens is 4. The van der Waals surface area contributed by atoms with Gasteiger partial charge in [-0.3, -0.25) is 4.57 Å². The molecule has 156 valence electrons. The number of nitrogens with one attached hydrogen (secondary N) is 2. The van der Waals surface area contributed by atoms with Crippen LogP contribution in [-0.4, -0.2) is 41.9 Å².